The molecule has 0 saturated heterocycles. The fourth-order valence-corrected chi connectivity index (χ4v) is 2.86. The van der Waals surface area contributed by atoms with Crippen LogP contribution >= 0.6 is 0 Å². The highest BCUT2D eigenvalue weighted by atomic mass is 15.2. The van der Waals surface area contributed by atoms with E-state index in [1.807, 2.05) is 7.05 Å². The van der Waals surface area contributed by atoms with Crippen LogP contribution in [0.2, 0.25) is 0 Å². The van der Waals surface area contributed by atoms with Gasteiger partial charge in [0.05, 0.1) is 0 Å². The van der Waals surface area contributed by atoms with Gasteiger partial charge in [-0.15, -0.1) is 0 Å². The van der Waals surface area contributed by atoms with Crippen molar-refractivity contribution in [2.45, 2.75) is 70.0 Å². The third kappa shape index (κ3) is 4.68. The van der Waals surface area contributed by atoms with Crippen molar-refractivity contribution in [3.63, 3.8) is 0 Å². The Bertz CT molecular complexity index is 293. The van der Waals surface area contributed by atoms with Crippen LogP contribution < -0.4 is 10.6 Å². The first-order valence-electron chi connectivity index (χ1n) is 7.90. The summed E-state index contributed by atoms with van der Waals surface area (Å²) in [4.78, 5) is 6.84. The standard InChI is InChI=1S/C15H30N4/c1-12(19(3)14-9-10-14)11-17-15(16-2)18-13-7-5-4-6-8-13/h12-14H,4-11H2,1-3H3,(H2,16,17,18). The van der Waals surface area contributed by atoms with Gasteiger partial charge in [-0.2, -0.15) is 0 Å². The topological polar surface area (TPSA) is 39.7 Å². The number of rotatable bonds is 5. The van der Waals surface area contributed by atoms with E-state index < -0.39 is 0 Å². The predicted molar refractivity (Wildman–Crippen MR) is 81.6 cm³/mol. The Morgan fingerprint density at radius 2 is 1.89 bits per heavy atom. The van der Waals surface area contributed by atoms with E-state index in [4.69, 9.17) is 0 Å². The SMILES string of the molecule is CN=C(NCC(C)N(C)C1CC1)NC1CCCCC1. The van der Waals surface area contributed by atoms with Gasteiger partial charge in [0.2, 0.25) is 0 Å². The van der Waals surface area contributed by atoms with E-state index >= 15 is 0 Å². The number of guanidine groups is 1. The summed E-state index contributed by atoms with van der Waals surface area (Å²) in [6.45, 7) is 3.26. The summed E-state index contributed by atoms with van der Waals surface area (Å²) in [5.74, 6) is 0.975. The first-order chi connectivity index (χ1) is 9.20. The van der Waals surface area contributed by atoms with E-state index in [2.05, 4.69) is 34.5 Å². The number of hydrogen-bond donors (Lipinski definition) is 2. The van der Waals surface area contributed by atoms with E-state index in [0.717, 1.165) is 18.5 Å². The zero-order valence-corrected chi connectivity index (χ0v) is 12.8. The van der Waals surface area contributed by atoms with Gasteiger partial charge in [0.1, 0.15) is 0 Å². The van der Waals surface area contributed by atoms with Crippen LogP contribution in [0.1, 0.15) is 51.9 Å². The van der Waals surface area contributed by atoms with E-state index in [1.165, 1.54) is 44.9 Å². The number of nitrogens with one attached hydrogen (secondary N) is 2. The summed E-state index contributed by atoms with van der Waals surface area (Å²) >= 11 is 0. The van der Waals surface area contributed by atoms with Crippen LogP contribution in [0.3, 0.4) is 0 Å². The Morgan fingerprint density at radius 1 is 1.21 bits per heavy atom. The molecule has 0 bridgehead atoms. The second-order valence-corrected chi connectivity index (χ2v) is 6.18. The van der Waals surface area contributed by atoms with E-state index in [-0.39, 0.29) is 0 Å². The van der Waals surface area contributed by atoms with Gasteiger partial charge in [0.25, 0.3) is 0 Å². The fourth-order valence-electron chi connectivity index (χ4n) is 2.86. The van der Waals surface area contributed by atoms with Gasteiger partial charge in [-0.3, -0.25) is 9.89 Å². The second kappa shape index (κ2) is 7.13. The van der Waals surface area contributed by atoms with Gasteiger partial charge in [-0.25, -0.2) is 0 Å². The van der Waals surface area contributed by atoms with Crippen molar-refractivity contribution in [1.82, 2.24) is 15.5 Å². The van der Waals surface area contributed by atoms with Crippen molar-refractivity contribution in [2.24, 2.45) is 4.99 Å². The second-order valence-electron chi connectivity index (χ2n) is 6.18. The highest BCUT2D eigenvalue weighted by Gasteiger charge is 2.29. The average molecular weight is 266 g/mol. The molecular weight excluding hydrogens is 236 g/mol. The molecule has 0 aliphatic heterocycles. The fraction of sp³-hybridized carbons (Fsp3) is 0.933. The molecule has 0 heterocycles. The van der Waals surface area contributed by atoms with E-state index in [1.54, 1.807) is 0 Å². The molecule has 2 aliphatic carbocycles. The number of aliphatic imine (C=N–C) groups is 1. The minimum atomic E-state index is 0.567. The molecule has 0 spiro atoms. The van der Waals surface area contributed by atoms with Crippen molar-refractivity contribution >= 4 is 5.96 Å². The number of hydrogen-bond acceptors (Lipinski definition) is 2. The van der Waals surface area contributed by atoms with Crippen molar-refractivity contribution in [1.29, 1.82) is 0 Å². The third-order valence-electron chi connectivity index (χ3n) is 4.55. The summed E-state index contributed by atoms with van der Waals surface area (Å²) in [7, 11) is 4.11. The first kappa shape index (κ1) is 14.6. The Kier molecular flexibility index (Phi) is 5.49. The van der Waals surface area contributed by atoms with Crippen molar-refractivity contribution in [3.05, 3.63) is 0 Å². The van der Waals surface area contributed by atoms with E-state index in [0.29, 0.717) is 12.1 Å². The van der Waals surface area contributed by atoms with Gasteiger partial charge in [0.15, 0.2) is 5.96 Å². The van der Waals surface area contributed by atoms with Crippen LogP contribution in [-0.4, -0.2) is 49.6 Å². The van der Waals surface area contributed by atoms with Crippen molar-refractivity contribution < 1.29 is 0 Å². The Balaban J connectivity index is 1.69. The number of likely N-dealkylation sites (N-methyl/N-ethyl adjacent to an activating group) is 1. The molecule has 2 rings (SSSR count). The number of nitrogens with zero attached hydrogens (tertiary/aromatic N) is 2. The van der Waals surface area contributed by atoms with Crippen LogP contribution in [0.15, 0.2) is 4.99 Å². The van der Waals surface area contributed by atoms with Crippen molar-refractivity contribution in [3.8, 4) is 0 Å². The van der Waals surface area contributed by atoms with Gasteiger partial charge in [-0.05, 0) is 39.7 Å². The molecule has 19 heavy (non-hydrogen) atoms. The van der Waals surface area contributed by atoms with Crippen LogP contribution in [0.5, 0.6) is 0 Å². The monoisotopic (exact) mass is 266 g/mol. The summed E-state index contributed by atoms with van der Waals surface area (Å²) in [6.07, 6.45) is 9.43. The zero-order valence-electron chi connectivity index (χ0n) is 12.8. The smallest absolute Gasteiger partial charge is 0.191 e. The first-order valence-corrected chi connectivity index (χ1v) is 7.90. The summed E-state index contributed by atoms with van der Waals surface area (Å²) < 4.78 is 0. The maximum atomic E-state index is 4.35. The lowest BCUT2D eigenvalue weighted by atomic mass is 9.96. The Hall–Kier alpha value is -0.770. The van der Waals surface area contributed by atoms with Gasteiger partial charge >= 0.3 is 0 Å². The molecule has 0 aromatic rings. The van der Waals surface area contributed by atoms with Gasteiger partial charge in [0, 0.05) is 31.7 Å². The Morgan fingerprint density at radius 3 is 2.47 bits per heavy atom. The zero-order chi connectivity index (χ0) is 13.7. The van der Waals surface area contributed by atoms with Gasteiger partial charge in [-0.1, -0.05) is 19.3 Å². The largest absolute Gasteiger partial charge is 0.355 e. The molecule has 2 fully saturated rings. The molecule has 110 valence electrons. The van der Waals surface area contributed by atoms with E-state index in [9.17, 15) is 0 Å². The lowest BCUT2D eigenvalue weighted by molar-refractivity contribution is 0.247. The molecule has 4 heteroatoms. The average Bonchev–Trinajstić information content (AvgIpc) is 3.27. The molecule has 2 saturated carbocycles. The van der Waals surface area contributed by atoms with Crippen LogP contribution in [-0.2, 0) is 0 Å². The van der Waals surface area contributed by atoms with Crippen LogP contribution in [0, 0.1) is 0 Å². The third-order valence-corrected chi connectivity index (χ3v) is 4.55. The molecule has 0 radical (unpaired) electrons. The highest BCUT2D eigenvalue weighted by molar-refractivity contribution is 5.79. The maximum Gasteiger partial charge on any atom is 0.191 e. The Labute approximate surface area is 118 Å². The molecule has 2 N–H and O–H groups in total. The molecule has 4 nitrogen and oxygen atoms in total. The quantitative estimate of drug-likeness (QED) is 0.590. The highest BCUT2D eigenvalue weighted by Crippen LogP contribution is 2.26. The van der Waals surface area contributed by atoms with Crippen LogP contribution in [0.4, 0.5) is 0 Å². The molecule has 0 aromatic heterocycles. The summed E-state index contributed by atoms with van der Waals surface area (Å²) in [5.41, 5.74) is 0. The predicted octanol–water partition coefficient (Wildman–Crippen LogP) is 1.97. The van der Waals surface area contributed by atoms with Gasteiger partial charge < -0.3 is 10.6 Å². The molecule has 2 aliphatic rings. The van der Waals surface area contributed by atoms with Crippen LogP contribution in [0.25, 0.3) is 0 Å². The summed E-state index contributed by atoms with van der Waals surface area (Å²) in [6, 6.07) is 2.01. The maximum absolute atomic E-state index is 4.35. The molecule has 0 aromatic carbocycles. The molecule has 1 unspecified atom stereocenters. The lowest BCUT2D eigenvalue weighted by Crippen LogP contribution is -2.48. The summed E-state index contributed by atoms with van der Waals surface area (Å²) in [5, 5.41) is 7.04. The molecule has 1 atom stereocenters. The lowest BCUT2D eigenvalue weighted by Gasteiger charge is -2.28. The van der Waals surface area contributed by atoms with Crippen molar-refractivity contribution in [2.75, 3.05) is 20.6 Å². The molecule has 0 amide bonds. The molecular formula is C15H30N4. The minimum absolute atomic E-state index is 0.567. The minimum Gasteiger partial charge on any atom is -0.355 e. The normalized spacial score (nSPS) is 23.5.